The molecule has 0 spiro atoms. The second-order valence-electron chi connectivity index (χ2n) is 11.3. The first-order valence-corrected chi connectivity index (χ1v) is 14.8. The van der Waals surface area contributed by atoms with Gasteiger partial charge >= 0.3 is 6.09 Å². The summed E-state index contributed by atoms with van der Waals surface area (Å²) in [5.41, 5.74) is 1.13. The number of hydrogen-bond donors (Lipinski definition) is 2. The first-order valence-electron chi connectivity index (χ1n) is 14.0. The van der Waals surface area contributed by atoms with E-state index in [-0.39, 0.29) is 42.6 Å². The average molecular weight is 588 g/mol. The van der Waals surface area contributed by atoms with Gasteiger partial charge in [-0.3, -0.25) is 14.5 Å². The highest BCUT2D eigenvalue weighted by molar-refractivity contribution is 6.31. The highest BCUT2D eigenvalue weighted by Crippen LogP contribution is 2.46. The van der Waals surface area contributed by atoms with Crippen molar-refractivity contribution in [2.45, 2.75) is 76.1 Å². The smallest absolute Gasteiger partial charge is 0.410 e. The normalized spacial score (nSPS) is 21.2. The molecule has 1 aliphatic carbocycles. The molecule has 2 N–H and O–H groups in total. The lowest BCUT2D eigenvalue weighted by Crippen LogP contribution is -2.61. The molecule has 1 saturated carbocycles. The maximum atomic E-state index is 14.2. The zero-order valence-electron chi connectivity index (χ0n) is 22.9. The van der Waals surface area contributed by atoms with Crippen LogP contribution in [-0.4, -0.2) is 65.5 Å². The predicted molar refractivity (Wildman–Crippen MR) is 156 cm³/mol. The summed E-state index contributed by atoms with van der Waals surface area (Å²) in [4.78, 5) is 44.0. The van der Waals surface area contributed by atoms with Crippen LogP contribution in [0.15, 0.2) is 42.5 Å². The molecule has 2 aliphatic heterocycles. The number of amides is 3. The quantitative estimate of drug-likeness (QED) is 0.434. The Labute approximate surface area is 245 Å². The monoisotopic (exact) mass is 586 g/mol. The third-order valence-corrected chi connectivity index (χ3v) is 8.64. The van der Waals surface area contributed by atoms with Crippen LogP contribution in [0.2, 0.25) is 10.0 Å². The van der Waals surface area contributed by atoms with Crippen LogP contribution >= 0.6 is 23.2 Å². The Balaban J connectivity index is 1.53. The van der Waals surface area contributed by atoms with Crippen LogP contribution in [0.4, 0.5) is 10.5 Å². The van der Waals surface area contributed by atoms with E-state index in [4.69, 9.17) is 27.9 Å². The number of ether oxygens (including phenoxy) is 1. The topological polar surface area (TPSA) is 91.0 Å². The van der Waals surface area contributed by atoms with E-state index >= 15 is 0 Å². The number of carbonyl (C=O) groups is 3. The summed E-state index contributed by atoms with van der Waals surface area (Å²) in [5.74, 6) is -0.310. The number of fused-ring (bicyclic) bond motifs is 1. The number of halogens is 2. The Morgan fingerprint density at radius 2 is 1.82 bits per heavy atom. The van der Waals surface area contributed by atoms with Gasteiger partial charge in [-0.25, -0.2) is 4.79 Å². The summed E-state index contributed by atoms with van der Waals surface area (Å²) in [6, 6.07) is 12.9. The number of benzene rings is 2. The maximum absolute atomic E-state index is 14.2. The lowest BCUT2D eigenvalue weighted by Gasteiger charge is -2.47. The number of anilines is 1. The minimum absolute atomic E-state index is 0.0493. The van der Waals surface area contributed by atoms with Crippen molar-refractivity contribution in [1.82, 2.24) is 15.1 Å². The Bertz CT molecular complexity index is 1280. The fraction of sp³-hybridized carbons (Fsp3) is 0.500. The third kappa shape index (κ3) is 5.94. The summed E-state index contributed by atoms with van der Waals surface area (Å²) in [6.45, 7) is 4.65. The predicted octanol–water partition coefficient (Wildman–Crippen LogP) is 5.36. The average Bonchev–Trinajstić information content (AvgIpc) is 3.15. The van der Waals surface area contributed by atoms with Crippen LogP contribution in [0.5, 0.6) is 0 Å². The standard InChI is InChI=1S/C30H36Cl2N4O4/c1-19(2)40-29(39)35-13-11-24(12-14-35)36(18-27(37)33-23-7-4-8-23)30(17-20-5-3-6-21(31)15-20)25-10-9-22(32)16-26(25)34-28(30)38/h3,5-6,9-10,15-16,19,23-24H,4,7-8,11-14,17-18H2,1-2H3,(H,33,37)(H,34,38). The fourth-order valence-corrected chi connectivity index (χ4v) is 6.41. The summed E-state index contributed by atoms with van der Waals surface area (Å²) < 4.78 is 5.42. The van der Waals surface area contributed by atoms with Gasteiger partial charge in [0.2, 0.25) is 11.8 Å². The van der Waals surface area contributed by atoms with Crippen molar-refractivity contribution in [3.63, 3.8) is 0 Å². The van der Waals surface area contributed by atoms with Gasteiger partial charge in [0.25, 0.3) is 0 Å². The Morgan fingerprint density at radius 1 is 1.10 bits per heavy atom. The Kier molecular flexibility index (Phi) is 8.59. The van der Waals surface area contributed by atoms with E-state index in [1.165, 1.54) is 0 Å². The highest BCUT2D eigenvalue weighted by Gasteiger charge is 2.54. The van der Waals surface area contributed by atoms with Crippen LogP contribution < -0.4 is 10.6 Å². The molecule has 0 radical (unpaired) electrons. The fourth-order valence-electron chi connectivity index (χ4n) is 6.03. The van der Waals surface area contributed by atoms with Gasteiger partial charge < -0.3 is 20.3 Å². The van der Waals surface area contributed by atoms with Crippen LogP contribution in [0.1, 0.15) is 57.1 Å². The molecule has 2 aromatic carbocycles. The van der Waals surface area contributed by atoms with E-state index in [2.05, 4.69) is 15.5 Å². The molecule has 0 bridgehead atoms. The largest absolute Gasteiger partial charge is 0.447 e. The molecule has 3 aliphatic rings. The molecular weight excluding hydrogens is 551 g/mol. The minimum atomic E-state index is -1.17. The molecular formula is C30H36Cl2N4O4. The van der Waals surface area contributed by atoms with E-state index < -0.39 is 5.54 Å². The van der Waals surface area contributed by atoms with Gasteiger partial charge in [0.05, 0.1) is 12.6 Å². The van der Waals surface area contributed by atoms with Crippen LogP contribution in [0.25, 0.3) is 0 Å². The first kappa shape index (κ1) is 28.7. The van der Waals surface area contributed by atoms with Gasteiger partial charge in [0.1, 0.15) is 5.54 Å². The molecule has 1 unspecified atom stereocenters. The van der Waals surface area contributed by atoms with Gasteiger partial charge in [-0.1, -0.05) is 41.4 Å². The number of hydrogen-bond acceptors (Lipinski definition) is 5. The molecule has 1 saturated heterocycles. The van der Waals surface area contributed by atoms with E-state index in [1.807, 2.05) is 38.1 Å². The number of carbonyl (C=O) groups excluding carboxylic acids is 3. The molecule has 3 amide bonds. The van der Waals surface area contributed by atoms with Crippen molar-refractivity contribution < 1.29 is 19.1 Å². The molecule has 1 atom stereocenters. The summed E-state index contributed by atoms with van der Waals surface area (Å²) in [6.07, 6.45) is 4.01. The SMILES string of the molecule is CC(C)OC(=O)N1CCC(N(CC(=O)NC2CCC2)C2(Cc3cccc(Cl)c3)C(=O)Nc3cc(Cl)ccc32)CC1. The minimum Gasteiger partial charge on any atom is -0.447 e. The molecule has 2 fully saturated rings. The zero-order valence-corrected chi connectivity index (χ0v) is 24.4. The van der Waals surface area contributed by atoms with E-state index in [0.717, 1.165) is 30.4 Å². The first-order chi connectivity index (χ1) is 19.2. The third-order valence-electron chi connectivity index (χ3n) is 8.17. The van der Waals surface area contributed by atoms with Crippen molar-refractivity contribution in [1.29, 1.82) is 0 Å². The van der Waals surface area contributed by atoms with Gasteiger partial charge in [0, 0.05) is 52.9 Å². The lowest BCUT2D eigenvalue weighted by molar-refractivity contribution is -0.136. The van der Waals surface area contributed by atoms with Crippen LogP contribution in [-0.2, 0) is 26.3 Å². The number of likely N-dealkylation sites (tertiary alicyclic amines) is 1. The Hall–Kier alpha value is -2.81. The highest BCUT2D eigenvalue weighted by atomic mass is 35.5. The van der Waals surface area contributed by atoms with Gasteiger partial charge in [-0.15, -0.1) is 0 Å². The van der Waals surface area contributed by atoms with E-state index in [0.29, 0.717) is 48.1 Å². The molecule has 214 valence electrons. The molecule has 2 heterocycles. The second-order valence-corrected chi connectivity index (χ2v) is 12.2. The van der Waals surface area contributed by atoms with Gasteiger partial charge in [-0.05, 0) is 75.8 Å². The number of nitrogens with one attached hydrogen (secondary N) is 2. The molecule has 2 aromatic rings. The van der Waals surface area contributed by atoms with Gasteiger partial charge in [0.15, 0.2) is 0 Å². The van der Waals surface area contributed by atoms with Crippen molar-refractivity contribution in [2.75, 3.05) is 25.0 Å². The van der Waals surface area contributed by atoms with E-state index in [1.54, 1.807) is 23.1 Å². The molecule has 0 aromatic heterocycles. The molecule has 8 nitrogen and oxygen atoms in total. The van der Waals surface area contributed by atoms with Crippen molar-refractivity contribution in [3.8, 4) is 0 Å². The maximum Gasteiger partial charge on any atom is 0.410 e. The van der Waals surface area contributed by atoms with Crippen molar-refractivity contribution in [3.05, 3.63) is 63.6 Å². The summed E-state index contributed by atoms with van der Waals surface area (Å²) >= 11 is 12.7. The zero-order chi connectivity index (χ0) is 28.4. The molecule has 10 heteroatoms. The Morgan fingerprint density at radius 3 is 2.48 bits per heavy atom. The van der Waals surface area contributed by atoms with Gasteiger partial charge in [-0.2, -0.15) is 0 Å². The van der Waals surface area contributed by atoms with Crippen LogP contribution in [0, 0.1) is 0 Å². The number of rotatable bonds is 8. The molecule has 40 heavy (non-hydrogen) atoms. The lowest BCUT2D eigenvalue weighted by atomic mass is 9.80. The van der Waals surface area contributed by atoms with Crippen molar-refractivity contribution in [2.24, 2.45) is 0 Å². The number of nitrogens with zero attached hydrogens (tertiary/aromatic N) is 2. The number of piperidine rings is 1. The summed E-state index contributed by atoms with van der Waals surface area (Å²) in [7, 11) is 0. The second kappa shape index (κ2) is 12.0. The van der Waals surface area contributed by atoms with E-state index in [9.17, 15) is 14.4 Å². The van der Waals surface area contributed by atoms with Crippen molar-refractivity contribution >= 4 is 46.8 Å². The summed E-state index contributed by atoms with van der Waals surface area (Å²) in [5, 5.41) is 7.31. The van der Waals surface area contributed by atoms with Crippen LogP contribution in [0.3, 0.4) is 0 Å². The molecule has 5 rings (SSSR count).